The van der Waals surface area contributed by atoms with E-state index in [2.05, 4.69) is 5.32 Å². The van der Waals surface area contributed by atoms with Crippen LogP contribution in [-0.2, 0) is 0 Å². The summed E-state index contributed by atoms with van der Waals surface area (Å²) in [6.45, 7) is 0.777. The van der Waals surface area contributed by atoms with Gasteiger partial charge in [-0.1, -0.05) is 24.3 Å². The second-order valence-corrected chi connectivity index (χ2v) is 5.76. The fourth-order valence-corrected chi connectivity index (χ4v) is 3.07. The quantitative estimate of drug-likeness (QED) is 0.726. The number of fused-ring (bicyclic) bond motifs is 1. The zero-order chi connectivity index (χ0) is 15.4. The highest BCUT2D eigenvalue weighted by atomic mass is 32.1. The normalized spacial score (nSPS) is 10.6. The van der Waals surface area contributed by atoms with Gasteiger partial charge in [-0.3, -0.25) is 4.79 Å². The molecule has 0 bridgehead atoms. The number of carbonyl (C=O) groups excluding carboxylic acids is 1. The maximum Gasteiger partial charge on any atom is 0.261 e. The molecule has 0 aliphatic heterocycles. The second kappa shape index (κ2) is 6.58. The summed E-state index contributed by atoms with van der Waals surface area (Å²) in [5.41, 5.74) is 0. The predicted octanol–water partition coefficient (Wildman–Crippen LogP) is 3.85. The number of amides is 1. The van der Waals surface area contributed by atoms with Gasteiger partial charge in [-0.2, -0.15) is 0 Å². The second-order valence-electron chi connectivity index (χ2n) is 4.68. The van der Waals surface area contributed by atoms with Crippen molar-refractivity contribution in [3.05, 3.63) is 65.3 Å². The topological polar surface area (TPSA) is 38.3 Å². The third-order valence-electron chi connectivity index (χ3n) is 3.13. The third kappa shape index (κ3) is 3.26. The number of ether oxygens (including phenoxy) is 1. The molecule has 3 aromatic rings. The number of para-hydroxylation sites is 1. The van der Waals surface area contributed by atoms with Crippen molar-refractivity contribution in [3.8, 4) is 5.75 Å². The molecule has 1 N–H and O–H groups in total. The lowest BCUT2D eigenvalue weighted by atomic mass is 10.2. The lowest BCUT2D eigenvalue weighted by Gasteiger charge is -2.06. The van der Waals surface area contributed by atoms with Crippen LogP contribution in [0.5, 0.6) is 5.75 Å². The molecule has 0 aliphatic rings. The highest BCUT2D eigenvalue weighted by molar-refractivity contribution is 7.20. The van der Waals surface area contributed by atoms with Gasteiger partial charge in [0, 0.05) is 10.1 Å². The predicted molar refractivity (Wildman–Crippen MR) is 86.1 cm³/mol. The Morgan fingerprint density at radius 1 is 1.14 bits per heavy atom. The zero-order valence-corrected chi connectivity index (χ0v) is 12.5. The van der Waals surface area contributed by atoms with Crippen molar-refractivity contribution in [1.82, 2.24) is 5.32 Å². The molecular weight excluding hydrogens is 301 g/mol. The summed E-state index contributed by atoms with van der Waals surface area (Å²) in [5.74, 6) is 0.248. The zero-order valence-electron chi connectivity index (χ0n) is 11.7. The molecule has 1 amide bonds. The highest BCUT2D eigenvalue weighted by Crippen LogP contribution is 2.27. The molecule has 2 aromatic carbocycles. The van der Waals surface area contributed by atoms with Gasteiger partial charge in [-0.05, 0) is 30.3 Å². The number of nitrogens with one attached hydrogen (secondary N) is 1. The molecule has 0 saturated carbocycles. The van der Waals surface area contributed by atoms with Gasteiger partial charge in [0.2, 0.25) is 0 Å². The van der Waals surface area contributed by atoms with Crippen LogP contribution in [0.25, 0.3) is 10.1 Å². The van der Waals surface area contributed by atoms with Crippen LogP contribution in [0.1, 0.15) is 9.67 Å². The van der Waals surface area contributed by atoms with E-state index in [-0.39, 0.29) is 11.7 Å². The first-order chi connectivity index (χ1) is 10.7. The maximum atomic E-state index is 13.6. The van der Waals surface area contributed by atoms with Crippen LogP contribution >= 0.6 is 11.3 Å². The Kier molecular flexibility index (Phi) is 4.34. The van der Waals surface area contributed by atoms with Crippen LogP contribution in [0.15, 0.2) is 54.6 Å². The minimum Gasteiger partial charge on any atom is -0.492 e. The third-order valence-corrected chi connectivity index (χ3v) is 4.23. The van der Waals surface area contributed by atoms with Gasteiger partial charge < -0.3 is 10.1 Å². The monoisotopic (exact) mass is 315 g/mol. The average molecular weight is 315 g/mol. The van der Waals surface area contributed by atoms with Crippen molar-refractivity contribution in [2.24, 2.45) is 0 Å². The number of rotatable bonds is 5. The SMILES string of the molecule is O=C(NCCOc1ccccc1)c1cc2c(F)cccc2s1. The number of thiophene rings is 1. The molecule has 112 valence electrons. The summed E-state index contributed by atoms with van der Waals surface area (Å²) < 4.78 is 19.9. The van der Waals surface area contributed by atoms with Gasteiger partial charge >= 0.3 is 0 Å². The van der Waals surface area contributed by atoms with Crippen molar-refractivity contribution in [1.29, 1.82) is 0 Å². The Bertz CT molecular complexity index is 786. The van der Waals surface area contributed by atoms with Gasteiger partial charge in [-0.15, -0.1) is 11.3 Å². The first-order valence-electron chi connectivity index (χ1n) is 6.88. The number of hydrogen-bond donors (Lipinski definition) is 1. The summed E-state index contributed by atoms with van der Waals surface area (Å²) >= 11 is 1.28. The standard InChI is InChI=1S/C17H14FNO2S/c18-14-7-4-8-15-13(14)11-16(22-15)17(20)19-9-10-21-12-5-2-1-3-6-12/h1-8,11H,9-10H2,(H,19,20). The van der Waals surface area contributed by atoms with E-state index in [1.54, 1.807) is 18.2 Å². The molecule has 5 heteroatoms. The molecule has 0 aliphatic carbocycles. The number of halogens is 1. The summed E-state index contributed by atoms with van der Waals surface area (Å²) in [4.78, 5) is 12.6. The van der Waals surface area contributed by atoms with Crippen LogP contribution in [0.2, 0.25) is 0 Å². The van der Waals surface area contributed by atoms with E-state index in [1.807, 2.05) is 30.3 Å². The van der Waals surface area contributed by atoms with E-state index in [9.17, 15) is 9.18 Å². The molecule has 0 radical (unpaired) electrons. The molecule has 0 spiro atoms. The van der Waals surface area contributed by atoms with Crippen LogP contribution < -0.4 is 10.1 Å². The molecule has 0 fully saturated rings. The molecule has 1 aromatic heterocycles. The fraction of sp³-hybridized carbons (Fsp3) is 0.118. The number of hydrogen-bond acceptors (Lipinski definition) is 3. The molecule has 0 unspecified atom stereocenters. The molecule has 3 nitrogen and oxygen atoms in total. The molecular formula is C17H14FNO2S. The first kappa shape index (κ1) is 14.5. The maximum absolute atomic E-state index is 13.6. The van der Waals surface area contributed by atoms with E-state index < -0.39 is 0 Å². The molecule has 22 heavy (non-hydrogen) atoms. The first-order valence-corrected chi connectivity index (χ1v) is 7.70. The fourth-order valence-electron chi connectivity index (χ4n) is 2.07. The van der Waals surface area contributed by atoms with Crippen LogP contribution in [0, 0.1) is 5.82 Å². The summed E-state index contributed by atoms with van der Waals surface area (Å²) in [6, 6.07) is 15.8. The average Bonchev–Trinajstić information content (AvgIpc) is 2.98. The highest BCUT2D eigenvalue weighted by Gasteiger charge is 2.11. The van der Waals surface area contributed by atoms with Crippen molar-refractivity contribution < 1.29 is 13.9 Å². The van der Waals surface area contributed by atoms with Crippen LogP contribution in [-0.4, -0.2) is 19.1 Å². The van der Waals surface area contributed by atoms with Crippen LogP contribution in [0.4, 0.5) is 4.39 Å². The van der Waals surface area contributed by atoms with E-state index in [0.717, 1.165) is 10.4 Å². The van der Waals surface area contributed by atoms with E-state index in [1.165, 1.54) is 17.4 Å². The largest absolute Gasteiger partial charge is 0.492 e. The summed E-state index contributed by atoms with van der Waals surface area (Å²) in [7, 11) is 0. The van der Waals surface area contributed by atoms with Gasteiger partial charge in [0.05, 0.1) is 11.4 Å². The Hall–Kier alpha value is -2.40. The van der Waals surface area contributed by atoms with Crippen molar-refractivity contribution in [2.45, 2.75) is 0 Å². The van der Waals surface area contributed by atoms with E-state index >= 15 is 0 Å². The van der Waals surface area contributed by atoms with Crippen LogP contribution in [0.3, 0.4) is 0 Å². The van der Waals surface area contributed by atoms with Crippen molar-refractivity contribution >= 4 is 27.3 Å². The van der Waals surface area contributed by atoms with Crippen molar-refractivity contribution in [3.63, 3.8) is 0 Å². The number of benzene rings is 2. The van der Waals surface area contributed by atoms with E-state index in [4.69, 9.17) is 4.74 Å². The minimum atomic E-state index is -0.305. The Balaban J connectivity index is 1.56. The Morgan fingerprint density at radius 2 is 1.95 bits per heavy atom. The van der Waals surface area contributed by atoms with Gasteiger partial charge in [0.1, 0.15) is 18.2 Å². The van der Waals surface area contributed by atoms with Gasteiger partial charge in [0.25, 0.3) is 5.91 Å². The van der Waals surface area contributed by atoms with Gasteiger partial charge in [-0.25, -0.2) is 4.39 Å². The molecule has 1 heterocycles. The molecule has 0 atom stereocenters. The molecule has 3 rings (SSSR count). The lowest BCUT2D eigenvalue weighted by molar-refractivity contribution is 0.0951. The van der Waals surface area contributed by atoms with E-state index in [0.29, 0.717) is 23.4 Å². The molecule has 0 saturated heterocycles. The smallest absolute Gasteiger partial charge is 0.261 e. The minimum absolute atomic E-state index is 0.211. The van der Waals surface area contributed by atoms with Gasteiger partial charge in [0.15, 0.2) is 0 Å². The summed E-state index contributed by atoms with van der Waals surface area (Å²) in [6.07, 6.45) is 0. The lowest BCUT2D eigenvalue weighted by Crippen LogP contribution is -2.27. The Labute approximate surface area is 131 Å². The van der Waals surface area contributed by atoms with Crippen molar-refractivity contribution in [2.75, 3.05) is 13.2 Å². The summed E-state index contributed by atoms with van der Waals surface area (Å²) in [5, 5.41) is 3.26. The number of carbonyl (C=O) groups is 1. The Morgan fingerprint density at radius 3 is 2.73 bits per heavy atom.